The first-order chi connectivity index (χ1) is 12.2. The van der Waals surface area contributed by atoms with Crippen LogP contribution in [-0.4, -0.2) is 28.8 Å². The quantitative estimate of drug-likeness (QED) is 0.859. The van der Waals surface area contributed by atoms with Gasteiger partial charge >= 0.3 is 0 Å². The smallest absolute Gasteiger partial charge is 0.251 e. The highest BCUT2D eigenvalue weighted by Crippen LogP contribution is 2.33. The van der Waals surface area contributed by atoms with Gasteiger partial charge in [0.1, 0.15) is 0 Å². The van der Waals surface area contributed by atoms with Crippen LogP contribution >= 0.6 is 0 Å². The van der Waals surface area contributed by atoms with Gasteiger partial charge in [0.15, 0.2) is 0 Å². The Balaban J connectivity index is 1.39. The molecule has 0 aromatic heterocycles. The normalized spacial score (nSPS) is 21.0. The Labute approximate surface area is 150 Å². The van der Waals surface area contributed by atoms with Gasteiger partial charge < -0.3 is 10.2 Å². The van der Waals surface area contributed by atoms with Crippen LogP contribution in [-0.2, 0) is 11.3 Å². The molecule has 1 aromatic rings. The average Bonchev–Trinajstić information content (AvgIpc) is 3.54. The number of rotatable bonds is 6. The monoisotopic (exact) mass is 340 g/mol. The molecule has 0 spiro atoms. The van der Waals surface area contributed by atoms with Crippen molar-refractivity contribution >= 4 is 11.8 Å². The minimum Gasteiger partial charge on any atom is -0.349 e. The molecule has 0 atom stereocenters. The van der Waals surface area contributed by atoms with Crippen molar-refractivity contribution < 1.29 is 9.59 Å². The Morgan fingerprint density at radius 2 is 1.60 bits per heavy atom. The van der Waals surface area contributed by atoms with E-state index in [4.69, 9.17) is 0 Å². The maximum absolute atomic E-state index is 12.9. The molecule has 2 amide bonds. The molecule has 0 aliphatic heterocycles. The molecule has 4 heteroatoms. The Morgan fingerprint density at radius 1 is 0.920 bits per heavy atom. The van der Waals surface area contributed by atoms with Crippen molar-refractivity contribution in [2.24, 2.45) is 5.92 Å². The highest BCUT2D eigenvalue weighted by atomic mass is 16.2. The van der Waals surface area contributed by atoms with Crippen LogP contribution in [0.2, 0.25) is 0 Å². The van der Waals surface area contributed by atoms with Crippen molar-refractivity contribution in [2.75, 3.05) is 0 Å². The number of nitrogens with one attached hydrogen (secondary N) is 1. The zero-order valence-corrected chi connectivity index (χ0v) is 14.9. The zero-order valence-electron chi connectivity index (χ0n) is 14.9. The van der Waals surface area contributed by atoms with Gasteiger partial charge in [0.25, 0.3) is 5.91 Å². The van der Waals surface area contributed by atoms with Crippen LogP contribution in [0, 0.1) is 5.92 Å². The lowest BCUT2D eigenvalue weighted by molar-refractivity contribution is -0.137. The van der Waals surface area contributed by atoms with Crippen LogP contribution in [0.3, 0.4) is 0 Å². The summed E-state index contributed by atoms with van der Waals surface area (Å²) in [5.41, 5.74) is 1.84. The number of benzene rings is 1. The number of carbonyl (C=O) groups is 2. The third kappa shape index (κ3) is 4.23. The summed E-state index contributed by atoms with van der Waals surface area (Å²) in [6.45, 7) is 0.685. The summed E-state index contributed by atoms with van der Waals surface area (Å²) in [4.78, 5) is 27.1. The van der Waals surface area contributed by atoms with E-state index in [1.54, 1.807) is 0 Å². The van der Waals surface area contributed by atoms with E-state index in [2.05, 4.69) is 10.2 Å². The average molecular weight is 340 g/mol. The van der Waals surface area contributed by atoms with E-state index >= 15 is 0 Å². The lowest BCUT2D eigenvalue weighted by atomic mass is 9.88. The molecule has 4 rings (SSSR count). The molecule has 134 valence electrons. The van der Waals surface area contributed by atoms with Gasteiger partial charge in [-0.2, -0.15) is 0 Å². The van der Waals surface area contributed by atoms with E-state index < -0.39 is 0 Å². The SMILES string of the molecule is O=C(NC1CC1)c1ccc(CN(C(=O)C2CCCCC2)C2CC2)cc1. The molecule has 1 aromatic carbocycles. The topological polar surface area (TPSA) is 49.4 Å². The van der Waals surface area contributed by atoms with Gasteiger partial charge in [0, 0.05) is 30.1 Å². The minimum atomic E-state index is 0.0198. The van der Waals surface area contributed by atoms with Gasteiger partial charge in [-0.3, -0.25) is 9.59 Å². The molecule has 0 radical (unpaired) electrons. The fourth-order valence-electron chi connectivity index (χ4n) is 3.81. The van der Waals surface area contributed by atoms with Crippen LogP contribution in [0.15, 0.2) is 24.3 Å². The molecule has 0 bridgehead atoms. The van der Waals surface area contributed by atoms with Crippen LogP contribution in [0.4, 0.5) is 0 Å². The molecule has 3 saturated carbocycles. The molecule has 4 nitrogen and oxygen atoms in total. The molecule has 1 N–H and O–H groups in total. The molecule has 0 saturated heterocycles. The Morgan fingerprint density at radius 3 is 2.20 bits per heavy atom. The van der Waals surface area contributed by atoms with Crippen LogP contribution < -0.4 is 5.32 Å². The van der Waals surface area contributed by atoms with E-state index in [1.807, 2.05) is 24.3 Å². The van der Waals surface area contributed by atoms with Gasteiger partial charge in [-0.1, -0.05) is 31.4 Å². The first-order valence-electron chi connectivity index (χ1n) is 9.91. The van der Waals surface area contributed by atoms with Crippen molar-refractivity contribution in [1.29, 1.82) is 0 Å². The van der Waals surface area contributed by atoms with Crippen LogP contribution in [0.25, 0.3) is 0 Å². The first-order valence-corrected chi connectivity index (χ1v) is 9.91. The molecule has 3 aliphatic rings. The number of hydrogen-bond acceptors (Lipinski definition) is 2. The summed E-state index contributed by atoms with van der Waals surface area (Å²) >= 11 is 0. The van der Waals surface area contributed by atoms with Gasteiger partial charge in [-0.25, -0.2) is 0 Å². The van der Waals surface area contributed by atoms with Gasteiger partial charge in [-0.05, 0) is 56.2 Å². The Hall–Kier alpha value is -1.84. The lowest BCUT2D eigenvalue weighted by Crippen LogP contribution is -2.38. The summed E-state index contributed by atoms with van der Waals surface area (Å²) in [7, 11) is 0. The Kier molecular flexibility index (Phi) is 4.78. The van der Waals surface area contributed by atoms with Gasteiger partial charge in [-0.15, -0.1) is 0 Å². The van der Waals surface area contributed by atoms with Crippen LogP contribution in [0.5, 0.6) is 0 Å². The fourth-order valence-corrected chi connectivity index (χ4v) is 3.81. The maximum atomic E-state index is 12.9. The van der Waals surface area contributed by atoms with Gasteiger partial charge in [0.05, 0.1) is 0 Å². The third-order valence-corrected chi connectivity index (χ3v) is 5.71. The van der Waals surface area contributed by atoms with Crippen molar-refractivity contribution in [2.45, 2.75) is 76.4 Å². The fraction of sp³-hybridized carbons (Fsp3) is 0.619. The molecular weight excluding hydrogens is 312 g/mol. The summed E-state index contributed by atoms with van der Waals surface area (Å²) in [5, 5.41) is 3.02. The predicted octanol–water partition coefficient (Wildman–Crippen LogP) is 3.65. The molecule has 25 heavy (non-hydrogen) atoms. The second kappa shape index (κ2) is 7.19. The summed E-state index contributed by atoms with van der Waals surface area (Å²) in [6.07, 6.45) is 10.3. The van der Waals surface area contributed by atoms with Crippen molar-refractivity contribution in [1.82, 2.24) is 10.2 Å². The highest BCUT2D eigenvalue weighted by Gasteiger charge is 2.36. The third-order valence-electron chi connectivity index (χ3n) is 5.71. The molecule has 0 unspecified atom stereocenters. The van der Waals surface area contributed by atoms with Crippen molar-refractivity contribution in [3.8, 4) is 0 Å². The molecule has 0 heterocycles. The molecular formula is C21H28N2O2. The van der Waals surface area contributed by atoms with Crippen molar-refractivity contribution in [3.63, 3.8) is 0 Å². The summed E-state index contributed by atoms with van der Waals surface area (Å²) in [5.74, 6) is 0.613. The number of nitrogens with zero attached hydrogens (tertiary/aromatic N) is 1. The lowest BCUT2D eigenvalue weighted by Gasteiger charge is -2.29. The van der Waals surface area contributed by atoms with Gasteiger partial charge in [0.2, 0.25) is 5.91 Å². The van der Waals surface area contributed by atoms with E-state index in [-0.39, 0.29) is 11.8 Å². The standard InChI is InChI=1S/C21H28N2O2/c24-20(22-18-10-11-18)16-8-6-15(7-9-16)14-23(19-12-13-19)21(25)17-4-2-1-3-5-17/h6-9,17-19H,1-5,10-14H2,(H,22,24). The highest BCUT2D eigenvalue weighted by molar-refractivity contribution is 5.94. The maximum Gasteiger partial charge on any atom is 0.251 e. The van der Waals surface area contributed by atoms with E-state index in [1.165, 1.54) is 19.3 Å². The van der Waals surface area contributed by atoms with E-state index in [9.17, 15) is 9.59 Å². The largest absolute Gasteiger partial charge is 0.349 e. The first kappa shape index (κ1) is 16.6. The number of hydrogen-bond donors (Lipinski definition) is 1. The minimum absolute atomic E-state index is 0.0198. The summed E-state index contributed by atoms with van der Waals surface area (Å²) in [6, 6.07) is 8.61. The van der Waals surface area contributed by atoms with E-state index in [0.717, 1.165) is 44.1 Å². The molecule has 3 aliphatic carbocycles. The van der Waals surface area contributed by atoms with Crippen molar-refractivity contribution in [3.05, 3.63) is 35.4 Å². The van der Waals surface area contributed by atoms with E-state index in [0.29, 0.717) is 30.1 Å². The van der Waals surface area contributed by atoms with Crippen LogP contribution in [0.1, 0.15) is 73.7 Å². The summed E-state index contributed by atoms with van der Waals surface area (Å²) < 4.78 is 0. The molecule has 3 fully saturated rings. The number of carbonyl (C=O) groups excluding carboxylic acids is 2. The second-order valence-corrected chi connectivity index (χ2v) is 7.98. The Bertz CT molecular complexity index is 626. The predicted molar refractivity (Wildman–Crippen MR) is 97.1 cm³/mol. The zero-order chi connectivity index (χ0) is 17.2. The second-order valence-electron chi connectivity index (χ2n) is 7.98. The number of amides is 2.